The Kier molecular flexibility index (Phi) is 2.66. The van der Waals surface area contributed by atoms with Crippen LogP contribution in [0.25, 0.3) is 0 Å². The van der Waals surface area contributed by atoms with Gasteiger partial charge in [-0.05, 0) is 37.1 Å². The molecule has 2 aliphatic heterocycles. The van der Waals surface area contributed by atoms with Gasteiger partial charge in [0.15, 0.2) is 11.5 Å². The van der Waals surface area contributed by atoms with Crippen molar-refractivity contribution in [3.05, 3.63) is 23.3 Å². The van der Waals surface area contributed by atoms with E-state index in [-0.39, 0.29) is 18.4 Å². The summed E-state index contributed by atoms with van der Waals surface area (Å²) in [6, 6.07) is 3.09. The van der Waals surface area contributed by atoms with E-state index in [1.165, 1.54) is 6.07 Å². The molecule has 0 amide bonds. The normalized spacial score (nSPS) is 22.5. The van der Waals surface area contributed by atoms with Crippen molar-refractivity contribution in [2.24, 2.45) is 0 Å². The fourth-order valence-corrected chi connectivity index (χ4v) is 2.58. The summed E-state index contributed by atoms with van der Waals surface area (Å²) in [7, 11) is 0. The van der Waals surface area contributed by atoms with Crippen molar-refractivity contribution in [3.63, 3.8) is 0 Å². The fraction of sp³-hybridized carbons (Fsp3) is 0.538. The van der Waals surface area contributed by atoms with Crippen molar-refractivity contribution in [2.75, 3.05) is 13.3 Å². The Hall–Kier alpha value is -1.36. The molecule has 1 unspecified atom stereocenters. The van der Waals surface area contributed by atoms with Crippen LogP contribution in [0.4, 0.5) is 8.78 Å². The minimum atomic E-state index is -2.87. The maximum Gasteiger partial charge on any atom is 0.270 e. The zero-order chi connectivity index (χ0) is 12.8. The van der Waals surface area contributed by atoms with Crippen LogP contribution >= 0.6 is 0 Å². The summed E-state index contributed by atoms with van der Waals surface area (Å²) < 4.78 is 37.9. The third-order valence-electron chi connectivity index (χ3n) is 3.45. The monoisotopic (exact) mass is 255 g/mol. The van der Waals surface area contributed by atoms with Crippen LogP contribution in [0.1, 0.15) is 36.9 Å². The highest BCUT2D eigenvalue weighted by Crippen LogP contribution is 2.43. The van der Waals surface area contributed by atoms with Crippen LogP contribution in [0, 0.1) is 0 Å². The molecule has 1 fully saturated rings. The van der Waals surface area contributed by atoms with E-state index < -0.39 is 5.92 Å². The van der Waals surface area contributed by atoms with Crippen LogP contribution in [0.3, 0.4) is 0 Å². The molecular formula is C13H15F2NO2. The highest BCUT2D eigenvalue weighted by Gasteiger charge is 2.34. The largest absolute Gasteiger partial charge is 0.454 e. The maximum absolute atomic E-state index is 13.7. The third-order valence-corrected chi connectivity index (χ3v) is 3.45. The van der Waals surface area contributed by atoms with Crippen LogP contribution in [-0.2, 0) is 5.92 Å². The SMILES string of the molecule is CC(F)(F)c1cc2c(cc1C1CCCN1)OCO2. The quantitative estimate of drug-likeness (QED) is 0.881. The van der Waals surface area contributed by atoms with Gasteiger partial charge < -0.3 is 14.8 Å². The topological polar surface area (TPSA) is 30.5 Å². The van der Waals surface area contributed by atoms with E-state index in [9.17, 15) is 8.78 Å². The molecule has 1 aromatic rings. The lowest BCUT2D eigenvalue weighted by Crippen LogP contribution is -2.19. The lowest BCUT2D eigenvalue weighted by atomic mass is 9.95. The van der Waals surface area contributed by atoms with Gasteiger partial charge in [-0.1, -0.05) is 0 Å². The summed E-state index contributed by atoms with van der Waals surface area (Å²) in [5.41, 5.74) is 0.662. The number of alkyl halides is 2. The van der Waals surface area contributed by atoms with Crippen LogP contribution in [0.15, 0.2) is 12.1 Å². The van der Waals surface area contributed by atoms with Gasteiger partial charge in [-0.2, -0.15) is 0 Å². The molecule has 0 spiro atoms. The first-order chi connectivity index (χ1) is 8.55. The summed E-state index contributed by atoms with van der Waals surface area (Å²) in [6.07, 6.45) is 1.89. The van der Waals surface area contributed by atoms with E-state index >= 15 is 0 Å². The zero-order valence-corrected chi connectivity index (χ0v) is 10.1. The number of nitrogens with one attached hydrogen (secondary N) is 1. The molecule has 98 valence electrons. The summed E-state index contributed by atoms with van der Waals surface area (Å²) in [4.78, 5) is 0. The van der Waals surface area contributed by atoms with Gasteiger partial charge in [0.1, 0.15) is 0 Å². The molecule has 0 bridgehead atoms. The van der Waals surface area contributed by atoms with Gasteiger partial charge >= 0.3 is 0 Å². The smallest absolute Gasteiger partial charge is 0.270 e. The van der Waals surface area contributed by atoms with Crippen LogP contribution < -0.4 is 14.8 Å². The molecule has 0 radical (unpaired) electrons. The second-order valence-corrected chi connectivity index (χ2v) is 4.83. The first-order valence-corrected chi connectivity index (χ1v) is 6.11. The van der Waals surface area contributed by atoms with Gasteiger partial charge in [-0.25, -0.2) is 8.78 Å². The summed E-state index contributed by atoms with van der Waals surface area (Å²) in [6.45, 7) is 1.89. The molecule has 3 rings (SSSR count). The molecule has 0 saturated carbocycles. The van der Waals surface area contributed by atoms with Crippen molar-refractivity contribution in [1.29, 1.82) is 0 Å². The number of ether oxygens (including phenoxy) is 2. The summed E-state index contributed by atoms with van der Waals surface area (Å²) in [5.74, 6) is -1.90. The lowest BCUT2D eigenvalue weighted by molar-refractivity contribution is 0.0159. The number of rotatable bonds is 2. The highest BCUT2D eigenvalue weighted by atomic mass is 19.3. The molecular weight excluding hydrogens is 240 g/mol. The van der Waals surface area contributed by atoms with E-state index in [1.807, 2.05) is 0 Å². The van der Waals surface area contributed by atoms with E-state index in [0.717, 1.165) is 26.3 Å². The van der Waals surface area contributed by atoms with Gasteiger partial charge in [0, 0.05) is 18.5 Å². The molecule has 3 nitrogen and oxygen atoms in total. The number of fused-ring (bicyclic) bond motifs is 1. The van der Waals surface area contributed by atoms with E-state index in [1.54, 1.807) is 6.07 Å². The van der Waals surface area contributed by atoms with Gasteiger partial charge in [0.25, 0.3) is 5.92 Å². The molecule has 0 aromatic heterocycles. The first-order valence-electron chi connectivity index (χ1n) is 6.11. The molecule has 5 heteroatoms. The van der Waals surface area contributed by atoms with Crippen LogP contribution in [0.5, 0.6) is 11.5 Å². The number of halogens is 2. The molecule has 2 heterocycles. The van der Waals surface area contributed by atoms with Crippen molar-refractivity contribution in [3.8, 4) is 11.5 Å². The second kappa shape index (κ2) is 4.09. The fourth-order valence-electron chi connectivity index (χ4n) is 2.58. The zero-order valence-electron chi connectivity index (χ0n) is 10.1. The van der Waals surface area contributed by atoms with Gasteiger partial charge in [-0.3, -0.25) is 0 Å². The minimum absolute atomic E-state index is 0.0136. The average Bonchev–Trinajstić information content (AvgIpc) is 2.97. The second-order valence-electron chi connectivity index (χ2n) is 4.83. The first kappa shape index (κ1) is 11.7. The van der Waals surface area contributed by atoms with Crippen molar-refractivity contribution < 1.29 is 18.3 Å². The number of hydrogen-bond donors (Lipinski definition) is 1. The summed E-state index contributed by atoms with van der Waals surface area (Å²) in [5, 5.41) is 3.25. The Labute approximate surface area is 104 Å². The molecule has 1 saturated heterocycles. The Morgan fingerprint density at radius 3 is 2.61 bits per heavy atom. The van der Waals surface area contributed by atoms with Crippen LogP contribution in [0.2, 0.25) is 0 Å². The molecule has 0 aliphatic carbocycles. The Bertz CT molecular complexity index is 465. The van der Waals surface area contributed by atoms with E-state index in [0.29, 0.717) is 17.1 Å². The van der Waals surface area contributed by atoms with Gasteiger partial charge in [0.05, 0.1) is 0 Å². The van der Waals surface area contributed by atoms with Crippen molar-refractivity contribution in [2.45, 2.75) is 31.7 Å². The Morgan fingerprint density at radius 2 is 2.00 bits per heavy atom. The van der Waals surface area contributed by atoms with Crippen molar-refractivity contribution >= 4 is 0 Å². The molecule has 1 N–H and O–H groups in total. The maximum atomic E-state index is 13.7. The van der Waals surface area contributed by atoms with Crippen LogP contribution in [-0.4, -0.2) is 13.3 Å². The van der Waals surface area contributed by atoms with Gasteiger partial charge in [-0.15, -0.1) is 0 Å². The standard InChI is InChI=1S/C13H15F2NO2/c1-13(14,15)9-6-12-11(17-7-18-12)5-8(9)10-3-2-4-16-10/h5-6,10,16H,2-4,7H2,1H3. The Morgan fingerprint density at radius 1 is 1.28 bits per heavy atom. The third kappa shape index (κ3) is 1.92. The highest BCUT2D eigenvalue weighted by molar-refractivity contribution is 5.51. The minimum Gasteiger partial charge on any atom is -0.454 e. The Balaban J connectivity index is 2.09. The average molecular weight is 255 g/mol. The molecule has 18 heavy (non-hydrogen) atoms. The number of hydrogen-bond acceptors (Lipinski definition) is 3. The summed E-state index contributed by atoms with van der Waals surface area (Å²) >= 11 is 0. The number of benzene rings is 1. The van der Waals surface area contributed by atoms with E-state index in [4.69, 9.17) is 9.47 Å². The van der Waals surface area contributed by atoms with Gasteiger partial charge in [0.2, 0.25) is 6.79 Å². The predicted molar refractivity (Wildman–Crippen MR) is 62.1 cm³/mol. The van der Waals surface area contributed by atoms with E-state index in [2.05, 4.69) is 5.32 Å². The molecule has 2 aliphatic rings. The van der Waals surface area contributed by atoms with Crippen molar-refractivity contribution in [1.82, 2.24) is 5.32 Å². The lowest BCUT2D eigenvalue weighted by Gasteiger charge is -2.20. The molecule has 1 aromatic carbocycles. The molecule has 1 atom stereocenters. The predicted octanol–water partition coefficient (Wildman–Crippen LogP) is 2.95.